The van der Waals surface area contributed by atoms with E-state index in [-0.39, 0.29) is 0 Å². The van der Waals surface area contributed by atoms with E-state index in [1.54, 1.807) is 0 Å². The molecule has 0 aliphatic heterocycles. The Bertz CT molecular complexity index is 279. The summed E-state index contributed by atoms with van der Waals surface area (Å²) in [7, 11) is 0. The predicted molar refractivity (Wildman–Crippen MR) is 45.0 cm³/mol. The molecule has 0 fully saturated rings. The molecule has 4 nitrogen and oxygen atoms in total. The van der Waals surface area contributed by atoms with Crippen molar-refractivity contribution >= 4 is 15.9 Å². The fourth-order valence-corrected chi connectivity index (χ4v) is 1.16. The Hall–Kier alpha value is -0.750. The maximum absolute atomic E-state index is 13.0. The van der Waals surface area contributed by atoms with Crippen LogP contribution in [-0.4, -0.2) is 16.8 Å². The first-order valence-electron chi connectivity index (χ1n) is 3.11. The minimum atomic E-state index is -2.11. The number of hydrogen-bond donors (Lipinski definition) is 1. The number of rotatable bonds is 1. The molecule has 0 heterocycles. The first-order valence-corrected chi connectivity index (χ1v) is 3.90. The number of allylic oxidation sites excluding steroid dienone is 2. The van der Waals surface area contributed by atoms with Crippen LogP contribution in [0.4, 0.5) is 4.39 Å². The summed E-state index contributed by atoms with van der Waals surface area (Å²) in [5, 5.41) is 10.3. The largest absolute Gasteiger partial charge is 0.326 e. The van der Waals surface area contributed by atoms with Crippen LogP contribution in [0.25, 0.3) is 0 Å². The van der Waals surface area contributed by atoms with Crippen LogP contribution in [0.1, 0.15) is 0 Å². The molecule has 66 valence electrons. The second-order valence-electron chi connectivity index (χ2n) is 2.43. The van der Waals surface area contributed by atoms with Gasteiger partial charge in [0.1, 0.15) is 0 Å². The standard InChI is InChI=1S/C6H6BrFN2O2/c7-4-1-2-6(9,10(11)12)5(8)3-4/h1-3,5H,9H2. The zero-order chi connectivity index (χ0) is 9.35. The summed E-state index contributed by atoms with van der Waals surface area (Å²) < 4.78 is 13.5. The quantitative estimate of drug-likeness (QED) is 0.421. The third-order valence-corrected chi connectivity index (χ3v) is 2.10. The monoisotopic (exact) mass is 236 g/mol. The summed E-state index contributed by atoms with van der Waals surface area (Å²) in [4.78, 5) is 9.49. The number of nitrogens with zero attached hydrogens (tertiary/aromatic N) is 1. The van der Waals surface area contributed by atoms with E-state index in [1.807, 2.05) is 0 Å². The van der Waals surface area contributed by atoms with Crippen molar-refractivity contribution in [1.82, 2.24) is 0 Å². The van der Waals surface area contributed by atoms with Crippen molar-refractivity contribution in [3.63, 3.8) is 0 Å². The van der Waals surface area contributed by atoms with Crippen LogP contribution in [0.2, 0.25) is 0 Å². The third kappa shape index (κ3) is 1.39. The number of hydrogen-bond acceptors (Lipinski definition) is 3. The van der Waals surface area contributed by atoms with Crippen LogP contribution in [0.5, 0.6) is 0 Å². The summed E-state index contributed by atoms with van der Waals surface area (Å²) in [6.07, 6.45) is 1.65. The Morgan fingerprint density at radius 3 is 2.83 bits per heavy atom. The zero-order valence-electron chi connectivity index (χ0n) is 5.91. The van der Waals surface area contributed by atoms with Gasteiger partial charge in [-0.05, 0) is 12.2 Å². The van der Waals surface area contributed by atoms with Gasteiger partial charge in [-0.1, -0.05) is 15.9 Å². The van der Waals surface area contributed by atoms with Crippen LogP contribution >= 0.6 is 15.9 Å². The Balaban J connectivity index is 2.99. The molecule has 0 saturated carbocycles. The van der Waals surface area contributed by atoms with Crippen molar-refractivity contribution in [2.75, 3.05) is 0 Å². The molecule has 0 aromatic rings. The number of nitrogens with two attached hydrogens (primary N) is 1. The Labute approximate surface area is 76.2 Å². The lowest BCUT2D eigenvalue weighted by Crippen LogP contribution is -2.54. The van der Waals surface area contributed by atoms with E-state index < -0.39 is 16.8 Å². The van der Waals surface area contributed by atoms with Gasteiger partial charge in [0.05, 0.1) is 4.92 Å². The normalized spacial score (nSPS) is 34.6. The molecule has 0 bridgehead atoms. The predicted octanol–water partition coefficient (Wildman–Crippen LogP) is 1.10. The Kier molecular flexibility index (Phi) is 2.29. The third-order valence-electron chi connectivity index (χ3n) is 1.57. The van der Waals surface area contributed by atoms with Crippen LogP contribution in [-0.2, 0) is 0 Å². The summed E-state index contributed by atoms with van der Waals surface area (Å²) in [6.45, 7) is 0. The van der Waals surface area contributed by atoms with E-state index in [0.29, 0.717) is 4.48 Å². The van der Waals surface area contributed by atoms with Crippen LogP contribution in [0.3, 0.4) is 0 Å². The molecule has 0 amide bonds. The van der Waals surface area contributed by atoms with E-state index in [0.717, 1.165) is 12.2 Å². The summed E-state index contributed by atoms with van der Waals surface area (Å²) in [5.41, 5.74) is 3.07. The van der Waals surface area contributed by atoms with Crippen LogP contribution < -0.4 is 5.73 Å². The van der Waals surface area contributed by atoms with Gasteiger partial charge < -0.3 is 0 Å². The van der Waals surface area contributed by atoms with Gasteiger partial charge in [-0.25, -0.2) is 4.39 Å². The smallest absolute Gasteiger partial charge is 0.262 e. The highest BCUT2D eigenvalue weighted by molar-refractivity contribution is 9.11. The molecule has 0 saturated heterocycles. The first kappa shape index (κ1) is 9.34. The molecule has 0 radical (unpaired) electrons. The fourth-order valence-electron chi connectivity index (χ4n) is 0.795. The minimum Gasteiger partial charge on any atom is -0.262 e. The van der Waals surface area contributed by atoms with Gasteiger partial charge in [-0.2, -0.15) is 0 Å². The Morgan fingerprint density at radius 2 is 2.42 bits per heavy atom. The van der Waals surface area contributed by atoms with Gasteiger partial charge in [-0.15, -0.1) is 0 Å². The number of nitro groups is 1. The molecule has 2 unspecified atom stereocenters. The molecule has 2 N–H and O–H groups in total. The molecule has 1 aliphatic carbocycles. The lowest BCUT2D eigenvalue weighted by atomic mass is 10.0. The van der Waals surface area contributed by atoms with Crippen molar-refractivity contribution in [3.05, 3.63) is 32.8 Å². The molecular formula is C6H6BrFN2O2. The summed E-state index contributed by atoms with van der Waals surface area (Å²) >= 11 is 2.99. The maximum Gasteiger partial charge on any atom is 0.326 e. The van der Waals surface area contributed by atoms with Gasteiger partial charge in [0.15, 0.2) is 0 Å². The van der Waals surface area contributed by atoms with Gasteiger partial charge in [0.25, 0.3) is 0 Å². The second-order valence-corrected chi connectivity index (χ2v) is 3.35. The SMILES string of the molecule is NC1([N+](=O)[O-])C=CC(Br)=CC1F. The van der Waals surface area contributed by atoms with Gasteiger partial charge in [-0.3, -0.25) is 15.8 Å². The zero-order valence-corrected chi connectivity index (χ0v) is 7.49. The highest BCUT2D eigenvalue weighted by Gasteiger charge is 2.45. The average Bonchev–Trinajstić information content (AvgIpc) is 1.97. The molecule has 1 aliphatic rings. The molecule has 12 heavy (non-hydrogen) atoms. The van der Waals surface area contributed by atoms with Gasteiger partial charge in [0.2, 0.25) is 6.17 Å². The number of alkyl halides is 1. The Morgan fingerprint density at radius 1 is 1.83 bits per heavy atom. The maximum atomic E-state index is 13.0. The van der Waals surface area contributed by atoms with Crippen molar-refractivity contribution in [2.45, 2.75) is 11.8 Å². The first-order chi connectivity index (χ1) is 5.47. The molecular weight excluding hydrogens is 231 g/mol. The van der Waals surface area contributed by atoms with Crippen molar-refractivity contribution in [1.29, 1.82) is 0 Å². The van der Waals surface area contributed by atoms with Crippen molar-refractivity contribution < 1.29 is 9.31 Å². The van der Waals surface area contributed by atoms with Crippen molar-refractivity contribution in [2.24, 2.45) is 5.73 Å². The topological polar surface area (TPSA) is 69.2 Å². The van der Waals surface area contributed by atoms with E-state index in [2.05, 4.69) is 15.9 Å². The highest BCUT2D eigenvalue weighted by atomic mass is 79.9. The van der Waals surface area contributed by atoms with E-state index in [4.69, 9.17) is 5.73 Å². The molecule has 0 spiro atoms. The molecule has 1 rings (SSSR count). The van der Waals surface area contributed by atoms with Crippen LogP contribution in [0, 0.1) is 10.1 Å². The van der Waals surface area contributed by atoms with Crippen LogP contribution in [0.15, 0.2) is 22.7 Å². The number of halogens is 2. The highest BCUT2D eigenvalue weighted by Crippen LogP contribution is 2.25. The molecule has 6 heteroatoms. The van der Waals surface area contributed by atoms with Crippen molar-refractivity contribution in [3.8, 4) is 0 Å². The fraction of sp³-hybridized carbons (Fsp3) is 0.333. The molecule has 0 aromatic carbocycles. The van der Waals surface area contributed by atoms with Gasteiger partial charge in [0, 0.05) is 10.6 Å². The summed E-state index contributed by atoms with van der Waals surface area (Å²) in [5.74, 6) is 0. The van der Waals surface area contributed by atoms with Gasteiger partial charge >= 0.3 is 5.66 Å². The van der Waals surface area contributed by atoms with E-state index >= 15 is 0 Å². The average molecular weight is 237 g/mol. The minimum absolute atomic E-state index is 0.456. The van der Waals surface area contributed by atoms with E-state index in [9.17, 15) is 14.5 Å². The summed E-state index contributed by atoms with van der Waals surface area (Å²) in [6, 6.07) is 0. The lowest BCUT2D eigenvalue weighted by molar-refractivity contribution is -0.561. The molecule has 0 aromatic heterocycles. The lowest BCUT2D eigenvalue weighted by Gasteiger charge is -2.21. The second kappa shape index (κ2) is 2.95. The molecule has 2 atom stereocenters. The van der Waals surface area contributed by atoms with E-state index in [1.165, 1.54) is 6.08 Å².